The van der Waals surface area contributed by atoms with Crippen molar-refractivity contribution in [3.05, 3.63) is 71.8 Å². The number of hydrogen-bond donors (Lipinski definition) is 6. The average molecular weight is 506 g/mol. The van der Waals surface area contributed by atoms with Crippen LogP contribution in [0.5, 0.6) is 0 Å². The molecular weight excluding hydrogens is 470 g/mol. The van der Waals surface area contributed by atoms with E-state index in [0.29, 0.717) is 0 Å². The number of benzene rings is 2. The zero-order chi connectivity index (χ0) is 25.5. The summed E-state index contributed by atoms with van der Waals surface area (Å²) in [5, 5.41) is 55.1. The number of rotatable bonds is 10. The molecule has 0 amide bonds. The van der Waals surface area contributed by atoms with Crippen molar-refractivity contribution in [2.24, 2.45) is 0 Å². The van der Waals surface area contributed by atoms with Crippen LogP contribution < -0.4 is 5.32 Å². The van der Waals surface area contributed by atoms with Gasteiger partial charge < -0.3 is 49.8 Å². The first-order valence-corrected chi connectivity index (χ1v) is 12.1. The third kappa shape index (κ3) is 6.67. The smallest absolute Gasteiger partial charge is 0.187 e. The van der Waals surface area contributed by atoms with Gasteiger partial charge in [-0.05, 0) is 11.1 Å². The molecule has 0 unspecified atom stereocenters. The monoisotopic (exact) mass is 505 g/mol. The number of nitrogens with one attached hydrogen (secondary N) is 1. The predicted molar refractivity (Wildman–Crippen MR) is 128 cm³/mol. The van der Waals surface area contributed by atoms with Crippen LogP contribution in [0.2, 0.25) is 0 Å². The molecule has 2 aromatic rings. The molecule has 6 N–H and O–H groups in total. The maximum Gasteiger partial charge on any atom is 0.187 e. The number of aliphatic hydroxyl groups excluding tert-OH is 5. The Labute approximate surface area is 210 Å². The zero-order valence-corrected chi connectivity index (χ0v) is 19.9. The number of aliphatic hydroxyl groups is 5. The summed E-state index contributed by atoms with van der Waals surface area (Å²) < 4.78 is 23.7. The van der Waals surface area contributed by atoms with Gasteiger partial charge in [-0.2, -0.15) is 0 Å². The van der Waals surface area contributed by atoms with Gasteiger partial charge in [-0.1, -0.05) is 60.7 Å². The first-order valence-electron chi connectivity index (χ1n) is 12.1. The van der Waals surface area contributed by atoms with E-state index in [2.05, 4.69) is 5.32 Å². The molecule has 2 saturated heterocycles. The second-order valence-electron chi connectivity index (χ2n) is 9.14. The molecule has 2 aliphatic heterocycles. The van der Waals surface area contributed by atoms with Crippen molar-refractivity contribution in [3.63, 3.8) is 0 Å². The highest BCUT2D eigenvalue weighted by molar-refractivity contribution is 5.14. The van der Waals surface area contributed by atoms with E-state index in [1.807, 2.05) is 60.7 Å². The van der Waals surface area contributed by atoms with Crippen LogP contribution in [0.15, 0.2) is 60.7 Å². The fourth-order valence-electron chi connectivity index (χ4n) is 4.43. The summed E-state index contributed by atoms with van der Waals surface area (Å²) in [5.41, 5.74) is 1.78. The topological polar surface area (TPSA) is 150 Å². The Morgan fingerprint density at radius 1 is 0.806 bits per heavy atom. The van der Waals surface area contributed by atoms with E-state index >= 15 is 0 Å². The van der Waals surface area contributed by atoms with Gasteiger partial charge >= 0.3 is 0 Å². The van der Waals surface area contributed by atoms with Crippen LogP contribution in [0, 0.1) is 0 Å². The second-order valence-corrected chi connectivity index (χ2v) is 9.14. The molecule has 0 spiro atoms. The highest BCUT2D eigenvalue weighted by atomic mass is 16.7. The van der Waals surface area contributed by atoms with Crippen LogP contribution in [0.4, 0.5) is 0 Å². The molecule has 2 aromatic carbocycles. The normalized spacial score (nSPS) is 35.0. The van der Waals surface area contributed by atoms with Crippen LogP contribution in [-0.4, -0.2) is 100 Å². The number of piperidine rings is 1. The first kappa shape index (κ1) is 27.1. The Kier molecular flexibility index (Phi) is 9.80. The maximum absolute atomic E-state index is 11.0. The maximum atomic E-state index is 11.0. The number of ether oxygens (including phenoxy) is 4. The summed E-state index contributed by atoms with van der Waals surface area (Å²) in [6, 6.07) is 18.1. The highest BCUT2D eigenvalue weighted by Crippen LogP contribution is 2.29. The fourth-order valence-corrected chi connectivity index (χ4v) is 4.43. The fraction of sp³-hybridized carbons (Fsp3) is 0.538. The molecule has 198 valence electrons. The van der Waals surface area contributed by atoms with Crippen LogP contribution >= 0.6 is 0 Å². The van der Waals surface area contributed by atoms with Gasteiger partial charge in [-0.3, -0.25) is 0 Å². The van der Waals surface area contributed by atoms with E-state index in [0.717, 1.165) is 11.1 Å². The molecule has 4 rings (SSSR count). The van der Waals surface area contributed by atoms with Crippen molar-refractivity contribution in [2.75, 3.05) is 19.8 Å². The molecule has 10 nitrogen and oxygen atoms in total. The van der Waals surface area contributed by atoms with E-state index < -0.39 is 55.1 Å². The summed E-state index contributed by atoms with van der Waals surface area (Å²) in [5.74, 6) is 0. The van der Waals surface area contributed by atoms with Crippen LogP contribution in [-0.2, 0) is 32.2 Å². The van der Waals surface area contributed by atoms with E-state index in [-0.39, 0.29) is 33.0 Å². The molecule has 10 heteroatoms. The number of hydrogen-bond acceptors (Lipinski definition) is 10. The number of β-amino-alcohol motifs (C(OH)–C–C–N with tert-alkyl or cyclic N) is 1. The molecule has 0 bridgehead atoms. The van der Waals surface area contributed by atoms with Gasteiger partial charge in [-0.15, -0.1) is 0 Å². The third-order valence-corrected chi connectivity index (χ3v) is 6.53. The Morgan fingerprint density at radius 3 is 2.08 bits per heavy atom. The summed E-state index contributed by atoms with van der Waals surface area (Å²) in [6.07, 6.45) is -9.48. The summed E-state index contributed by atoms with van der Waals surface area (Å²) in [4.78, 5) is 0. The molecule has 0 aromatic heterocycles. The first-order chi connectivity index (χ1) is 17.5. The van der Waals surface area contributed by atoms with Crippen molar-refractivity contribution < 1.29 is 44.5 Å². The molecule has 2 heterocycles. The molecular formula is C26H35NO9. The van der Waals surface area contributed by atoms with E-state index in [4.69, 9.17) is 18.9 Å². The molecule has 36 heavy (non-hydrogen) atoms. The molecule has 0 aliphatic carbocycles. The Morgan fingerprint density at radius 2 is 1.44 bits per heavy atom. The molecule has 0 radical (unpaired) electrons. The van der Waals surface area contributed by atoms with Gasteiger partial charge in [0.1, 0.15) is 36.6 Å². The van der Waals surface area contributed by atoms with Gasteiger partial charge in [0.2, 0.25) is 0 Å². The van der Waals surface area contributed by atoms with Gasteiger partial charge in [-0.25, -0.2) is 0 Å². The lowest BCUT2D eigenvalue weighted by Gasteiger charge is -2.46. The van der Waals surface area contributed by atoms with Crippen molar-refractivity contribution in [2.45, 2.75) is 68.3 Å². The van der Waals surface area contributed by atoms with Crippen molar-refractivity contribution in [1.82, 2.24) is 5.32 Å². The minimum Gasteiger partial charge on any atom is -0.395 e. The summed E-state index contributed by atoms with van der Waals surface area (Å²) >= 11 is 0. The molecule has 0 saturated carbocycles. The standard InChI is InChI=1S/C26H35NO9/c28-12-18-24(21(30)19(29)11-27-18)36-26-25(34-14-17-9-5-2-6-10-17)23(32)22(31)20(35-26)15-33-13-16-7-3-1-4-8-16/h1-10,18-32H,11-15H2/t18-,19+,20-,21-,22+,23+,24-,25-,26+/m1/s1. The summed E-state index contributed by atoms with van der Waals surface area (Å²) in [7, 11) is 0. The Balaban J connectivity index is 1.47. The molecule has 9 atom stereocenters. The van der Waals surface area contributed by atoms with Gasteiger partial charge in [0.05, 0.1) is 38.6 Å². The lowest BCUT2D eigenvalue weighted by Crippen LogP contribution is -2.66. The lowest BCUT2D eigenvalue weighted by atomic mass is 9.95. The SMILES string of the molecule is OC[C@H]1NC[C@H](O)[C@@H](O)[C@@H]1O[C@@H]1O[C@H](COCc2ccccc2)[C@H](O)[C@H](O)[C@H]1OCc1ccccc1. The minimum atomic E-state index is -1.39. The van der Waals surface area contributed by atoms with Crippen molar-refractivity contribution in [3.8, 4) is 0 Å². The van der Waals surface area contributed by atoms with Crippen molar-refractivity contribution >= 4 is 0 Å². The van der Waals surface area contributed by atoms with Gasteiger partial charge in [0.15, 0.2) is 6.29 Å². The molecule has 2 aliphatic rings. The molecule has 2 fully saturated rings. The minimum absolute atomic E-state index is 0.0318. The predicted octanol–water partition coefficient (Wildman–Crippen LogP) is -0.694. The van der Waals surface area contributed by atoms with Gasteiger partial charge in [0, 0.05) is 6.54 Å². The summed E-state index contributed by atoms with van der Waals surface area (Å²) in [6.45, 7) is 0.0998. The van der Waals surface area contributed by atoms with Crippen LogP contribution in [0.3, 0.4) is 0 Å². The van der Waals surface area contributed by atoms with Gasteiger partial charge in [0.25, 0.3) is 0 Å². The average Bonchev–Trinajstić information content (AvgIpc) is 2.90. The zero-order valence-electron chi connectivity index (χ0n) is 19.9. The van der Waals surface area contributed by atoms with E-state index in [1.165, 1.54) is 0 Å². The van der Waals surface area contributed by atoms with Crippen LogP contribution in [0.25, 0.3) is 0 Å². The largest absolute Gasteiger partial charge is 0.395 e. The Hall–Kier alpha value is -1.96. The second kappa shape index (κ2) is 13.0. The van der Waals surface area contributed by atoms with E-state index in [9.17, 15) is 25.5 Å². The highest BCUT2D eigenvalue weighted by Gasteiger charge is 2.49. The lowest BCUT2D eigenvalue weighted by molar-refractivity contribution is -0.334. The Bertz CT molecular complexity index is 901. The van der Waals surface area contributed by atoms with Crippen molar-refractivity contribution in [1.29, 1.82) is 0 Å². The quantitative estimate of drug-likeness (QED) is 0.245. The van der Waals surface area contributed by atoms with E-state index in [1.54, 1.807) is 0 Å². The van der Waals surface area contributed by atoms with Crippen LogP contribution in [0.1, 0.15) is 11.1 Å². The third-order valence-electron chi connectivity index (χ3n) is 6.53.